The fourth-order valence-electron chi connectivity index (χ4n) is 1.65. The van der Waals surface area contributed by atoms with Gasteiger partial charge in [0.25, 0.3) is 0 Å². The van der Waals surface area contributed by atoms with Gasteiger partial charge in [-0.1, -0.05) is 0 Å². The molecule has 1 aromatic carbocycles. The van der Waals surface area contributed by atoms with Crippen LogP contribution in [0.1, 0.15) is 13.8 Å². The summed E-state index contributed by atoms with van der Waals surface area (Å²) in [5.41, 5.74) is 5.87. The first-order valence-corrected chi connectivity index (χ1v) is 6.13. The van der Waals surface area contributed by atoms with Crippen LogP contribution in [0.3, 0.4) is 0 Å². The van der Waals surface area contributed by atoms with Gasteiger partial charge in [0, 0.05) is 18.3 Å². The van der Waals surface area contributed by atoms with Crippen molar-refractivity contribution < 1.29 is 14.3 Å². The molecule has 0 bridgehead atoms. The van der Waals surface area contributed by atoms with Crippen LogP contribution >= 0.6 is 0 Å². The van der Waals surface area contributed by atoms with Gasteiger partial charge in [-0.2, -0.15) is 0 Å². The molecule has 0 aliphatic heterocycles. The number of benzene rings is 1. The number of anilines is 2. The average molecular weight is 269 g/mol. The molecule has 1 amide bonds. The van der Waals surface area contributed by atoms with E-state index in [4.69, 9.17) is 10.8 Å². The van der Waals surface area contributed by atoms with Crippen LogP contribution in [0, 0.1) is 5.82 Å². The second-order valence-electron chi connectivity index (χ2n) is 4.57. The van der Waals surface area contributed by atoms with Gasteiger partial charge in [-0.15, -0.1) is 0 Å². The molecule has 0 aliphatic rings. The van der Waals surface area contributed by atoms with Gasteiger partial charge in [0.05, 0.1) is 18.8 Å². The van der Waals surface area contributed by atoms with E-state index in [1.807, 2.05) is 18.7 Å². The van der Waals surface area contributed by atoms with E-state index in [0.717, 1.165) is 0 Å². The summed E-state index contributed by atoms with van der Waals surface area (Å²) in [6.45, 7) is 4.47. The monoisotopic (exact) mass is 269 g/mol. The van der Waals surface area contributed by atoms with Crippen molar-refractivity contribution in [3.05, 3.63) is 24.0 Å². The Labute approximate surface area is 112 Å². The standard InChI is InChI=1S/C13H20FN3O2/c1-9(2)17(5-6-18)8-13(19)16-10-3-4-11(14)12(15)7-10/h3-4,7,9,18H,5-6,8,15H2,1-2H3,(H,16,19). The molecule has 1 rings (SSSR count). The van der Waals surface area contributed by atoms with Crippen LogP contribution in [0.15, 0.2) is 18.2 Å². The van der Waals surface area contributed by atoms with Gasteiger partial charge >= 0.3 is 0 Å². The lowest BCUT2D eigenvalue weighted by molar-refractivity contribution is -0.117. The van der Waals surface area contributed by atoms with Gasteiger partial charge in [-0.3, -0.25) is 9.69 Å². The Morgan fingerprint density at radius 3 is 2.74 bits per heavy atom. The highest BCUT2D eigenvalue weighted by atomic mass is 19.1. The van der Waals surface area contributed by atoms with E-state index in [2.05, 4.69) is 5.32 Å². The van der Waals surface area contributed by atoms with Gasteiger partial charge in [0.1, 0.15) is 5.82 Å². The fraction of sp³-hybridized carbons (Fsp3) is 0.462. The number of nitrogen functional groups attached to an aromatic ring is 1. The third-order valence-corrected chi connectivity index (χ3v) is 2.74. The van der Waals surface area contributed by atoms with Crippen molar-refractivity contribution in [1.29, 1.82) is 0 Å². The highest BCUT2D eigenvalue weighted by Gasteiger charge is 2.13. The molecule has 19 heavy (non-hydrogen) atoms. The Hall–Kier alpha value is -1.66. The van der Waals surface area contributed by atoms with E-state index in [1.54, 1.807) is 0 Å². The molecule has 0 atom stereocenters. The molecule has 0 fully saturated rings. The van der Waals surface area contributed by atoms with Crippen molar-refractivity contribution in [3.63, 3.8) is 0 Å². The first-order valence-electron chi connectivity index (χ1n) is 6.13. The third kappa shape index (κ3) is 4.84. The van der Waals surface area contributed by atoms with Crippen molar-refractivity contribution in [2.75, 3.05) is 30.7 Å². The van der Waals surface area contributed by atoms with E-state index in [9.17, 15) is 9.18 Å². The van der Waals surface area contributed by atoms with E-state index < -0.39 is 5.82 Å². The Morgan fingerprint density at radius 1 is 1.53 bits per heavy atom. The lowest BCUT2D eigenvalue weighted by atomic mass is 10.2. The number of nitrogens with one attached hydrogen (secondary N) is 1. The van der Waals surface area contributed by atoms with Crippen molar-refractivity contribution in [2.24, 2.45) is 0 Å². The van der Waals surface area contributed by atoms with Crippen molar-refractivity contribution in [1.82, 2.24) is 4.90 Å². The molecular formula is C13H20FN3O2. The van der Waals surface area contributed by atoms with Crippen LogP contribution < -0.4 is 11.1 Å². The van der Waals surface area contributed by atoms with Crippen LogP contribution in [0.2, 0.25) is 0 Å². The number of halogens is 1. The molecule has 0 aliphatic carbocycles. The van der Waals surface area contributed by atoms with Gasteiger partial charge in [-0.25, -0.2) is 4.39 Å². The Balaban J connectivity index is 2.61. The normalized spacial score (nSPS) is 11.1. The number of nitrogens with zero attached hydrogens (tertiary/aromatic N) is 1. The zero-order chi connectivity index (χ0) is 14.4. The van der Waals surface area contributed by atoms with Gasteiger partial charge in [0.2, 0.25) is 5.91 Å². The number of rotatable bonds is 6. The van der Waals surface area contributed by atoms with Gasteiger partial charge < -0.3 is 16.2 Å². The lowest BCUT2D eigenvalue weighted by Crippen LogP contribution is -2.39. The summed E-state index contributed by atoms with van der Waals surface area (Å²) in [4.78, 5) is 13.7. The van der Waals surface area contributed by atoms with E-state index in [0.29, 0.717) is 12.2 Å². The zero-order valence-corrected chi connectivity index (χ0v) is 11.2. The largest absolute Gasteiger partial charge is 0.396 e. The SMILES string of the molecule is CC(C)N(CCO)CC(=O)Nc1ccc(F)c(N)c1. The predicted molar refractivity (Wildman–Crippen MR) is 73.2 cm³/mol. The molecule has 0 spiro atoms. The van der Waals surface area contributed by atoms with Gasteiger partial charge in [0.15, 0.2) is 0 Å². The minimum absolute atomic E-state index is 0.00500. The summed E-state index contributed by atoms with van der Waals surface area (Å²) >= 11 is 0. The van der Waals surface area contributed by atoms with Crippen LogP contribution in [-0.4, -0.2) is 41.7 Å². The van der Waals surface area contributed by atoms with Crippen molar-refractivity contribution in [2.45, 2.75) is 19.9 Å². The molecule has 0 saturated carbocycles. The quantitative estimate of drug-likeness (QED) is 0.674. The topological polar surface area (TPSA) is 78.6 Å². The minimum atomic E-state index is -0.512. The van der Waals surface area contributed by atoms with Crippen LogP contribution in [0.4, 0.5) is 15.8 Å². The summed E-state index contributed by atoms with van der Waals surface area (Å²) in [7, 11) is 0. The highest BCUT2D eigenvalue weighted by molar-refractivity contribution is 5.92. The second kappa shape index (κ2) is 7.06. The molecular weight excluding hydrogens is 249 g/mol. The van der Waals surface area contributed by atoms with E-state index in [1.165, 1.54) is 18.2 Å². The Morgan fingerprint density at radius 2 is 2.21 bits per heavy atom. The maximum absolute atomic E-state index is 13.0. The number of amides is 1. The molecule has 6 heteroatoms. The average Bonchev–Trinajstić information content (AvgIpc) is 2.33. The molecule has 0 unspecified atom stereocenters. The summed E-state index contributed by atoms with van der Waals surface area (Å²) in [5, 5.41) is 11.6. The first kappa shape index (κ1) is 15.4. The Bertz CT molecular complexity index is 438. The smallest absolute Gasteiger partial charge is 0.238 e. The van der Waals surface area contributed by atoms with Crippen molar-refractivity contribution in [3.8, 4) is 0 Å². The number of carbonyl (C=O) groups excluding carboxylic acids is 1. The number of aliphatic hydroxyl groups is 1. The number of hydrogen-bond donors (Lipinski definition) is 3. The van der Waals surface area contributed by atoms with Crippen molar-refractivity contribution >= 4 is 17.3 Å². The highest BCUT2D eigenvalue weighted by Crippen LogP contribution is 2.16. The molecule has 0 heterocycles. The fourth-order valence-corrected chi connectivity index (χ4v) is 1.65. The number of nitrogens with two attached hydrogens (primary N) is 1. The Kier molecular flexibility index (Phi) is 5.72. The molecule has 0 aromatic heterocycles. The molecule has 0 radical (unpaired) electrons. The van der Waals surface area contributed by atoms with E-state index in [-0.39, 0.29) is 30.8 Å². The van der Waals surface area contributed by atoms with Crippen LogP contribution in [-0.2, 0) is 4.79 Å². The summed E-state index contributed by atoms with van der Waals surface area (Å²) in [6, 6.07) is 4.18. The maximum Gasteiger partial charge on any atom is 0.238 e. The van der Waals surface area contributed by atoms with E-state index >= 15 is 0 Å². The molecule has 5 nitrogen and oxygen atoms in total. The summed E-state index contributed by atoms with van der Waals surface area (Å²) in [6.07, 6.45) is 0. The first-order chi connectivity index (χ1) is 8.93. The predicted octanol–water partition coefficient (Wildman–Crippen LogP) is 1.05. The third-order valence-electron chi connectivity index (χ3n) is 2.74. The number of aliphatic hydroxyl groups excluding tert-OH is 1. The lowest BCUT2D eigenvalue weighted by Gasteiger charge is -2.24. The zero-order valence-electron chi connectivity index (χ0n) is 11.2. The van der Waals surface area contributed by atoms with Crippen LogP contribution in [0.25, 0.3) is 0 Å². The van der Waals surface area contributed by atoms with Gasteiger partial charge in [-0.05, 0) is 32.0 Å². The minimum Gasteiger partial charge on any atom is -0.396 e. The molecule has 106 valence electrons. The summed E-state index contributed by atoms with van der Waals surface area (Å²) in [5.74, 6) is -0.741. The number of carbonyl (C=O) groups is 1. The molecule has 1 aromatic rings. The molecule has 4 N–H and O–H groups in total. The van der Waals surface area contributed by atoms with Crippen LogP contribution in [0.5, 0.6) is 0 Å². The second-order valence-corrected chi connectivity index (χ2v) is 4.57. The maximum atomic E-state index is 13.0. The number of hydrogen-bond acceptors (Lipinski definition) is 4. The summed E-state index contributed by atoms with van der Waals surface area (Å²) < 4.78 is 13.0. The molecule has 0 saturated heterocycles.